The quantitative estimate of drug-likeness (QED) is 0.676. The maximum atomic E-state index is 13.4. The average molecular weight is 440 g/mol. The van der Waals surface area contributed by atoms with E-state index >= 15 is 0 Å². The number of carbonyl (C=O) groups is 2. The Labute approximate surface area is 190 Å². The highest BCUT2D eigenvalue weighted by Gasteiger charge is 2.44. The van der Waals surface area contributed by atoms with Crippen LogP contribution in [0.4, 0.5) is 0 Å². The van der Waals surface area contributed by atoms with Crippen LogP contribution in [-0.2, 0) is 4.79 Å². The highest BCUT2D eigenvalue weighted by Crippen LogP contribution is 2.41. The van der Waals surface area contributed by atoms with Crippen molar-refractivity contribution in [1.82, 2.24) is 19.6 Å². The number of rotatable bonds is 6. The summed E-state index contributed by atoms with van der Waals surface area (Å²) in [5.74, 6) is 0.344. The molecule has 8 heteroatoms. The van der Waals surface area contributed by atoms with Crippen molar-refractivity contribution in [2.24, 2.45) is 5.92 Å². The fourth-order valence-corrected chi connectivity index (χ4v) is 5.42. The first kappa shape index (κ1) is 22.4. The molecule has 172 valence electrons. The molecule has 0 spiro atoms. The number of amides is 2. The van der Waals surface area contributed by atoms with Crippen LogP contribution in [0.1, 0.15) is 42.7 Å². The third-order valence-corrected chi connectivity index (χ3v) is 6.97. The molecule has 3 heterocycles. The van der Waals surface area contributed by atoms with Gasteiger partial charge in [0, 0.05) is 50.4 Å². The second-order valence-electron chi connectivity index (χ2n) is 9.24. The van der Waals surface area contributed by atoms with Crippen molar-refractivity contribution in [3.63, 3.8) is 0 Å². The number of piperazine rings is 1. The van der Waals surface area contributed by atoms with Gasteiger partial charge >= 0.3 is 0 Å². The number of hydrogen-bond donors (Lipinski definition) is 0. The summed E-state index contributed by atoms with van der Waals surface area (Å²) in [5, 5.41) is 9.98. The Balaban J connectivity index is 1.52. The van der Waals surface area contributed by atoms with Gasteiger partial charge in [-0.25, -0.2) is 0 Å². The summed E-state index contributed by atoms with van der Waals surface area (Å²) in [5.41, 5.74) is 1.24. The second-order valence-corrected chi connectivity index (χ2v) is 9.24. The van der Waals surface area contributed by atoms with E-state index in [4.69, 9.17) is 4.42 Å². The molecular weight excluding hydrogens is 406 g/mol. The van der Waals surface area contributed by atoms with Gasteiger partial charge in [-0.15, -0.1) is 0 Å². The van der Waals surface area contributed by atoms with Crippen LogP contribution in [0.3, 0.4) is 0 Å². The van der Waals surface area contributed by atoms with Crippen molar-refractivity contribution in [3.8, 4) is 6.07 Å². The first-order valence-electron chi connectivity index (χ1n) is 11.7. The highest BCUT2D eigenvalue weighted by atomic mass is 16.3. The van der Waals surface area contributed by atoms with E-state index in [1.807, 2.05) is 19.0 Å². The molecule has 0 radical (unpaired) electrons. The Bertz CT molecular complexity index is 893. The molecule has 8 nitrogen and oxygen atoms in total. The molecule has 2 aliphatic heterocycles. The van der Waals surface area contributed by atoms with Gasteiger partial charge in [0.25, 0.3) is 11.8 Å². The van der Waals surface area contributed by atoms with Crippen LogP contribution in [0.2, 0.25) is 0 Å². The minimum atomic E-state index is -0.113. The van der Waals surface area contributed by atoms with Crippen LogP contribution < -0.4 is 0 Å². The zero-order chi connectivity index (χ0) is 22.7. The van der Waals surface area contributed by atoms with E-state index < -0.39 is 0 Å². The molecule has 4 rings (SSSR count). The van der Waals surface area contributed by atoms with Gasteiger partial charge in [-0.05, 0) is 52.0 Å². The lowest BCUT2D eigenvalue weighted by molar-refractivity contribution is -0.132. The van der Waals surface area contributed by atoms with Crippen LogP contribution >= 0.6 is 0 Å². The minimum absolute atomic E-state index is 0.105. The number of furan rings is 1. The highest BCUT2D eigenvalue weighted by molar-refractivity contribution is 5.99. The molecule has 2 fully saturated rings. The number of nitrogens with zero attached hydrogens (tertiary/aromatic N) is 5. The molecule has 1 saturated heterocycles. The van der Waals surface area contributed by atoms with Gasteiger partial charge in [0.1, 0.15) is 11.6 Å². The molecule has 3 aliphatic rings. The largest absolute Gasteiger partial charge is 0.459 e. The minimum Gasteiger partial charge on any atom is -0.459 e. The smallest absolute Gasteiger partial charge is 0.289 e. The third kappa shape index (κ3) is 4.40. The second kappa shape index (κ2) is 9.78. The first-order valence-corrected chi connectivity index (χ1v) is 11.7. The zero-order valence-electron chi connectivity index (χ0n) is 19.1. The van der Waals surface area contributed by atoms with Crippen molar-refractivity contribution in [1.29, 1.82) is 5.26 Å². The summed E-state index contributed by atoms with van der Waals surface area (Å²) >= 11 is 0. The number of hydrogen-bond acceptors (Lipinski definition) is 6. The fraction of sp³-hybridized carbons (Fsp3) is 0.625. The lowest BCUT2D eigenvalue weighted by Crippen LogP contribution is -2.56. The molecule has 2 amide bonds. The number of fused-ring (bicyclic) bond motifs is 1. The van der Waals surface area contributed by atoms with Crippen LogP contribution in [-0.4, -0.2) is 90.8 Å². The van der Waals surface area contributed by atoms with Gasteiger partial charge in [0.2, 0.25) is 0 Å². The molecule has 0 N–H and O–H groups in total. The molecule has 2 unspecified atom stereocenters. The van der Waals surface area contributed by atoms with Gasteiger partial charge in [0.15, 0.2) is 5.76 Å². The van der Waals surface area contributed by atoms with Gasteiger partial charge in [-0.1, -0.05) is 12.8 Å². The first-order chi connectivity index (χ1) is 15.5. The third-order valence-electron chi connectivity index (χ3n) is 6.97. The van der Waals surface area contributed by atoms with Crippen LogP contribution in [0.5, 0.6) is 0 Å². The summed E-state index contributed by atoms with van der Waals surface area (Å²) < 4.78 is 5.26. The molecular formula is C24H33N5O3. The lowest BCUT2D eigenvalue weighted by Gasteiger charge is -2.49. The lowest BCUT2D eigenvalue weighted by atomic mass is 9.76. The number of carbonyl (C=O) groups excluding carboxylic acids is 2. The van der Waals surface area contributed by atoms with Gasteiger partial charge in [-0.3, -0.25) is 9.59 Å². The molecule has 2 atom stereocenters. The van der Waals surface area contributed by atoms with Crippen LogP contribution in [0.25, 0.3) is 0 Å². The maximum Gasteiger partial charge on any atom is 0.289 e. The van der Waals surface area contributed by atoms with E-state index in [2.05, 4.69) is 15.9 Å². The molecule has 1 saturated carbocycles. The zero-order valence-corrected chi connectivity index (χ0v) is 19.1. The van der Waals surface area contributed by atoms with Gasteiger partial charge in [0.05, 0.1) is 6.26 Å². The average Bonchev–Trinajstić information content (AvgIpc) is 3.34. The van der Waals surface area contributed by atoms with E-state index in [0.29, 0.717) is 44.1 Å². The Morgan fingerprint density at radius 3 is 2.62 bits per heavy atom. The molecule has 1 aliphatic carbocycles. The summed E-state index contributed by atoms with van der Waals surface area (Å²) in [7, 11) is 4.08. The van der Waals surface area contributed by atoms with E-state index in [0.717, 1.165) is 44.3 Å². The Morgan fingerprint density at radius 1 is 1.22 bits per heavy atom. The summed E-state index contributed by atoms with van der Waals surface area (Å²) in [4.78, 5) is 34.1. The number of nitriles is 1. The van der Waals surface area contributed by atoms with E-state index in [1.165, 1.54) is 6.26 Å². The van der Waals surface area contributed by atoms with Crippen molar-refractivity contribution < 1.29 is 14.0 Å². The van der Waals surface area contributed by atoms with Crippen molar-refractivity contribution in [2.45, 2.75) is 38.1 Å². The molecule has 0 aromatic carbocycles. The monoisotopic (exact) mass is 439 g/mol. The van der Waals surface area contributed by atoms with E-state index in [1.54, 1.807) is 17.0 Å². The van der Waals surface area contributed by atoms with Gasteiger partial charge in [-0.2, -0.15) is 5.26 Å². The normalized spacial score (nSPS) is 24.1. The standard InChI is InChI=1S/C24H33N5O3/c1-26(2)10-6-11-29-20-8-4-3-7-18(20)22(19(17-25)23(29)30)27-12-14-28(15-13-27)24(31)21-9-5-16-32-21/h5,9,16,18,20H,3-4,6-8,10-15H2,1-2H3. The predicted molar refractivity (Wildman–Crippen MR) is 119 cm³/mol. The molecule has 32 heavy (non-hydrogen) atoms. The van der Waals surface area contributed by atoms with Crippen LogP contribution in [0, 0.1) is 17.2 Å². The summed E-state index contributed by atoms with van der Waals surface area (Å²) in [6.07, 6.45) is 6.67. The van der Waals surface area contributed by atoms with E-state index in [-0.39, 0.29) is 23.8 Å². The topological polar surface area (TPSA) is 84.0 Å². The summed E-state index contributed by atoms with van der Waals surface area (Å²) in [6.45, 7) is 3.99. The molecule has 1 aromatic heterocycles. The predicted octanol–water partition coefficient (Wildman–Crippen LogP) is 2.17. The van der Waals surface area contributed by atoms with Crippen molar-refractivity contribution >= 4 is 11.8 Å². The van der Waals surface area contributed by atoms with E-state index in [9.17, 15) is 14.9 Å². The van der Waals surface area contributed by atoms with Crippen molar-refractivity contribution in [3.05, 3.63) is 35.4 Å². The fourth-order valence-electron chi connectivity index (χ4n) is 5.42. The molecule has 1 aromatic rings. The van der Waals surface area contributed by atoms with Gasteiger partial charge < -0.3 is 24.0 Å². The SMILES string of the molecule is CN(C)CCCN1C(=O)C(C#N)=C(N2CCN(C(=O)c3ccco3)CC2)C2CCCCC21. The van der Waals surface area contributed by atoms with Crippen molar-refractivity contribution in [2.75, 3.05) is 53.4 Å². The summed E-state index contributed by atoms with van der Waals surface area (Å²) in [6, 6.07) is 5.83. The Hall–Kier alpha value is -2.79. The maximum absolute atomic E-state index is 13.4. The Morgan fingerprint density at radius 2 is 1.97 bits per heavy atom. The van der Waals surface area contributed by atoms with Crippen LogP contribution in [0.15, 0.2) is 34.1 Å². The molecule has 0 bridgehead atoms. The Kier molecular flexibility index (Phi) is 6.85.